The Labute approximate surface area is 116 Å². The smallest absolute Gasteiger partial charge is 0.292 e. The molecule has 0 heterocycles. The third-order valence-electron chi connectivity index (χ3n) is 2.60. The Morgan fingerprint density at radius 3 is 2.75 bits per heavy atom. The summed E-state index contributed by atoms with van der Waals surface area (Å²) in [5.41, 5.74) is 6.56. The van der Waals surface area contributed by atoms with Gasteiger partial charge in [-0.25, -0.2) is 0 Å². The van der Waals surface area contributed by atoms with Gasteiger partial charge in [0.15, 0.2) is 0 Å². The van der Waals surface area contributed by atoms with Crippen LogP contribution in [0, 0.1) is 10.1 Å². The quantitative estimate of drug-likeness (QED) is 0.623. The molecule has 0 aliphatic rings. The number of nitrogens with two attached hydrogens (primary N) is 1. The standard InChI is InChI=1S/C14H15N3O3/c15-8-9-20-12-5-3-4-11(10-12)16-13-6-1-2-7-14(13)17(18)19/h1-7,10,16H,8-9,15H2. The summed E-state index contributed by atoms with van der Waals surface area (Å²) < 4.78 is 5.41. The van der Waals surface area contributed by atoms with Gasteiger partial charge in [0, 0.05) is 24.4 Å². The van der Waals surface area contributed by atoms with Crippen molar-refractivity contribution in [3.05, 3.63) is 58.6 Å². The SMILES string of the molecule is NCCOc1cccc(Nc2ccccc2[N+](=O)[O-])c1. The van der Waals surface area contributed by atoms with Crippen LogP contribution in [0.2, 0.25) is 0 Å². The Kier molecular flexibility index (Phi) is 4.52. The average Bonchev–Trinajstić information content (AvgIpc) is 2.46. The summed E-state index contributed by atoms with van der Waals surface area (Å²) >= 11 is 0. The molecule has 0 saturated heterocycles. The Bertz CT molecular complexity index is 602. The number of para-hydroxylation sites is 2. The van der Waals surface area contributed by atoms with Crippen molar-refractivity contribution in [1.29, 1.82) is 0 Å². The molecular weight excluding hydrogens is 258 g/mol. The number of nitro benzene ring substituents is 1. The van der Waals surface area contributed by atoms with Gasteiger partial charge in [0.1, 0.15) is 18.0 Å². The predicted molar refractivity (Wildman–Crippen MR) is 77.4 cm³/mol. The summed E-state index contributed by atoms with van der Waals surface area (Å²) in [5.74, 6) is 0.666. The lowest BCUT2D eigenvalue weighted by Crippen LogP contribution is -2.10. The zero-order valence-electron chi connectivity index (χ0n) is 10.8. The van der Waals surface area contributed by atoms with Gasteiger partial charge in [0.05, 0.1) is 4.92 Å². The molecule has 0 spiro atoms. The van der Waals surface area contributed by atoms with Crippen LogP contribution in [0.15, 0.2) is 48.5 Å². The molecule has 0 fully saturated rings. The fraction of sp³-hybridized carbons (Fsp3) is 0.143. The maximum Gasteiger partial charge on any atom is 0.292 e. The molecule has 0 aromatic heterocycles. The first kappa shape index (κ1) is 13.8. The van der Waals surface area contributed by atoms with E-state index in [-0.39, 0.29) is 5.69 Å². The number of hydrogen-bond acceptors (Lipinski definition) is 5. The van der Waals surface area contributed by atoms with Gasteiger partial charge in [-0.05, 0) is 18.2 Å². The first-order valence-corrected chi connectivity index (χ1v) is 6.14. The van der Waals surface area contributed by atoms with E-state index < -0.39 is 4.92 Å². The van der Waals surface area contributed by atoms with Crippen molar-refractivity contribution >= 4 is 17.1 Å². The minimum atomic E-state index is -0.420. The fourth-order valence-corrected chi connectivity index (χ4v) is 1.73. The molecule has 20 heavy (non-hydrogen) atoms. The summed E-state index contributed by atoms with van der Waals surface area (Å²) in [6.07, 6.45) is 0. The number of anilines is 2. The number of hydrogen-bond donors (Lipinski definition) is 2. The van der Waals surface area contributed by atoms with Crippen molar-refractivity contribution in [2.24, 2.45) is 5.73 Å². The van der Waals surface area contributed by atoms with Crippen LogP contribution in [0.5, 0.6) is 5.75 Å². The highest BCUT2D eigenvalue weighted by Crippen LogP contribution is 2.28. The number of nitro groups is 1. The van der Waals surface area contributed by atoms with Crippen molar-refractivity contribution in [3.8, 4) is 5.75 Å². The average molecular weight is 273 g/mol. The maximum atomic E-state index is 10.9. The van der Waals surface area contributed by atoms with Crippen LogP contribution >= 0.6 is 0 Å². The first-order chi connectivity index (χ1) is 9.70. The second-order valence-corrected chi connectivity index (χ2v) is 4.06. The third-order valence-corrected chi connectivity index (χ3v) is 2.60. The molecule has 2 aromatic rings. The first-order valence-electron chi connectivity index (χ1n) is 6.14. The molecule has 0 unspecified atom stereocenters. The van der Waals surface area contributed by atoms with E-state index in [1.807, 2.05) is 12.1 Å². The van der Waals surface area contributed by atoms with Crippen molar-refractivity contribution in [3.63, 3.8) is 0 Å². The summed E-state index contributed by atoms with van der Waals surface area (Å²) in [7, 11) is 0. The molecule has 6 heteroatoms. The Balaban J connectivity index is 2.20. The Hall–Kier alpha value is -2.60. The zero-order chi connectivity index (χ0) is 14.4. The highest BCUT2D eigenvalue weighted by molar-refractivity contribution is 5.69. The molecule has 2 rings (SSSR count). The Morgan fingerprint density at radius 2 is 2.00 bits per heavy atom. The predicted octanol–water partition coefficient (Wildman–Crippen LogP) is 2.68. The van der Waals surface area contributed by atoms with Crippen LogP contribution in [0.3, 0.4) is 0 Å². The van der Waals surface area contributed by atoms with E-state index in [0.717, 1.165) is 0 Å². The van der Waals surface area contributed by atoms with Crippen LogP contribution in [0.25, 0.3) is 0 Å². The van der Waals surface area contributed by atoms with Gasteiger partial charge >= 0.3 is 0 Å². The van der Waals surface area contributed by atoms with E-state index in [4.69, 9.17) is 10.5 Å². The van der Waals surface area contributed by atoms with Crippen molar-refractivity contribution < 1.29 is 9.66 Å². The molecule has 0 bridgehead atoms. The number of nitrogens with one attached hydrogen (secondary N) is 1. The van der Waals surface area contributed by atoms with Crippen LogP contribution in [0.1, 0.15) is 0 Å². The van der Waals surface area contributed by atoms with E-state index in [1.54, 1.807) is 30.3 Å². The molecule has 0 saturated carbocycles. The number of nitrogens with zero attached hydrogens (tertiary/aromatic N) is 1. The van der Waals surface area contributed by atoms with Crippen molar-refractivity contribution in [2.45, 2.75) is 0 Å². The summed E-state index contributed by atoms with van der Waals surface area (Å²) in [6.45, 7) is 0.858. The minimum absolute atomic E-state index is 0.0285. The highest BCUT2D eigenvalue weighted by atomic mass is 16.6. The molecule has 0 radical (unpaired) electrons. The van der Waals surface area contributed by atoms with Crippen molar-refractivity contribution in [1.82, 2.24) is 0 Å². The fourth-order valence-electron chi connectivity index (χ4n) is 1.73. The lowest BCUT2D eigenvalue weighted by molar-refractivity contribution is -0.383. The summed E-state index contributed by atoms with van der Waals surface area (Å²) in [4.78, 5) is 10.5. The number of benzene rings is 2. The molecular formula is C14H15N3O3. The van der Waals surface area contributed by atoms with Crippen LogP contribution in [0.4, 0.5) is 17.1 Å². The van der Waals surface area contributed by atoms with Gasteiger partial charge in [0.25, 0.3) is 5.69 Å². The molecule has 2 aromatic carbocycles. The molecule has 104 valence electrons. The lowest BCUT2D eigenvalue weighted by Gasteiger charge is -2.09. The maximum absolute atomic E-state index is 10.9. The van der Waals surface area contributed by atoms with E-state index in [0.29, 0.717) is 30.3 Å². The van der Waals surface area contributed by atoms with Gasteiger partial charge in [-0.3, -0.25) is 10.1 Å². The molecule has 0 amide bonds. The zero-order valence-corrected chi connectivity index (χ0v) is 10.8. The second kappa shape index (κ2) is 6.53. The number of rotatable bonds is 6. The van der Waals surface area contributed by atoms with Crippen LogP contribution < -0.4 is 15.8 Å². The van der Waals surface area contributed by atoms with E-state index in [2.05, 4.69) is 5.32 Å². The van der Waals surface area contributed by atoms with Crippen LogP contribution in [-0.2, 0) is 0 Å². The minimum Gasteiger partial charge on any atom is -0.492 e. The molecule has 3 N–H and O–H groups in total. The topological polar surface area (TPSA) is 90.4 Å². The summed E-state index contributed by atoms with van der Waals surface area (Å²) in [5, 5.41) is 14.0. The largest absolute Gasteiger partial charge is 0.492 e. The van der Waals surface area contributed by atoms with E-state index >= 15 is 0 Å². The van der Waals surface area contributed by atoms with Crippen molar-refractivity contribution in [2.75, 3.05) is 18.5 Å². The normalized spacial score (nSPS) is 10.1. The molecule has 0 atom stereocenters. The molecule has 6 nitrogen and oxygen atoms in total. The van der Waals surface area contributed by atoms with Gasteiger partial charge in [-0.1, -0.05) is 18.2 Å². The van der Waals surface area contributed by atoms with Gasteiger partial charge in [-0.2, -0.15) is 0 Å². The lowest BCUT2D eigenvalue weighted by atomic mass is 10.2. The van der Waals surface area contributed by atoms with Crippen LogP contribution in [-0.4, -0.2) is 18.1 Å². The summed E-state index contributed by atoms with van der Waals surface area (Å²) in [6, 6.07) is 13.7. The Morgan fingerprint density at radius 1 is 1.20 bits per heavy atom. The van der Waals surface area contributed by atoms with E-state index in [1.165, 1.54) is 6.07 Å². The number of ether oxygens (including phenoxy) is 1. The second-order valence-electron chi connectivity index (χ2n) is 4.06. The highest BCUT2D eigenvalue weighted by Gasteiger charge is 2.12. The van der Waals surface area contributed by atoms with Gasteiger partial charge < -0.3 is 15.8 Å². The van der Waals surface area contributed by atoms with Gasteiger partial charge in [-0.15, -0.1) is 0 Å². The third kappa shape index (κ3) is 3.46. The molecule has 0 aliphatic carbocycles. The van der Waals surface area contributed by atoms with E-state index in [9.17, 15) is 10.1 Å². The van der Waals surface area contributed by atoms with Gasteiger partial charge in [0.2, 0.25) is 0 Å². The molecule has 0 aliphatic heterocycles. The monoisotopic (exact) mass is 273 g/mol.